The van der Waals surface area contributed by atoms with Gasteiger partial charge in [0.25, 0.3) is 5.91 Å². The van der Waals surface area contributed by atoms with Crippen molar-refractivity contribution in [2.45, 2.75) is 0 Å². The molecule has 0 aliphatic carbocycles. The lowest BCUT2D eigenvalue weighted by Gasteiger charge is -2.19. The Hall–Kier alpha value is -1.61. The van der Waals surface area contributed by atoms with Crippen molar-refractivity contribution in [2.24, 2.45) is 0 Å². The smallest absolute Gasteiger partial charge is 0.251 e. The second-order valence-electron chi connectivity index (χ2n) is 2.72. The highest BCUT2D eigenvalue weighted by atomic mass is 16.3. The minimum Gasteiger partial charge on any atom is -0.395 e. The number of amides is 1. The molecule has 1 aromatic carbocycles. The number of para-hydroxylation sites is 1. The zero-order valence-corrected chi connectivity index (χ0v) is 7.76. The van der Waals surface area contributed by atoms with Crippen molar-refractivity contribution >= 4 is 11.6 Å². The zero-order valence-electron chi connectivity index (χ0n) is 7.76. The van der Waals surface area contributed by atoms with E-state index in [9.17, 15) is 4.79 Å². The number of nitrogens with zero attached hydrogens (tertiary/aromatic N) is 1. The summed E-state index contributed by atoms with van der Waals surface area (Å²) in [5, 5.41) is 8.79. The molecule has 0 aliphatic rings. The van der Waals surface area contributed by atoms with Gasteiger partial charge in [0, 0.05) is 18.3 Å². The molecule has 0 fully saturated rings. The van der Waals surface area contributed by atoms with Gasteiger partial charge in [0.15, 0.2) is 0 Å². The topological polar surface area (TPSA) is 40.5 Å². The van der Waals surface area contributed by atoms with Crippen molar-refractivity contribution in [1.82, 2.24) is 0 Å². The standard InChI is InChI=1S/C11H12NO2/c1-2-11(14)12(8-9-13)10-6-4-3-5-7-10/h1-7,13H,8-9H2. The van der Waals surface area contributed by atoms with Gasteiger partial charge in [0.2, 0.25) is 0 Å². The highest BCUT2D eigenvalue weighted by molar-refractivity contribution is 6.00. The quantitative estimate of drug-likeness (QED) is 0.719. The van der Waals surface area contributed by atoms with E-state index in [1.807, 2.05) is 18.2 Å². The van der Waals surface area contributed by atoms with Gasteiger partial charge in [-0.2, -0.15) is 0 Å². The van der Waals surface area contributed by atoms with Crippen LogP contribution in [0.1, 0.15) is 0 Å². The monoisotopic (exact) mass is 190 g/mol. The third-order valence-corrected chi connectivity index (χ3v) is 1.80. The van der Waals surface area contributed by atoms with Crippen LogP contribution in [0, 0.1) is 6.58 Å². The van der Waals surface area contributed by atoms with E-state index in [0.29, 0.717) is 0 Å². The highest BCUT2D eigenvalue weighted by Crippen LogP contribution is 2.12. The Morgan fingerprint density at radius 1 is 1.43 bits per heavy atom. The van der Waals surface area contributed by atoms with E-state index < -0.39 is 0 Å². The summed E-state index contributed by atoms with van der Waals surface area (Å²) in [5.41, 5.74) is 0.730. The summed E-state index contributed by atoms with van der Waals surface area (Å²) < 4.78 is 0. The molecule has 1 amide bonds. The molecule has 73 valence electrons. The molecule has 3 heteroatoms. The van der Waals surface area contributed by atoms with Crippen LogP contribution in [0.5, 0.6) is 0 Å². The minimum atomic E-state index is -0.315. The number of aliphatic hydroxyl groups excluding tert-OH is 1. The summed E-state index contributed by atoms with van der Waals surface area (Å²) in [6, 6.07) is 9.08. The van der Waals surface area contributed by atoms with Crippen molar-refractivity contribution in [3.05, 3.63) is 43.0 Å². The molecule has 0 heterocycles. The van der Waals surface area contributed by atoms with Crippen molar-refractivity contribution < 1.29 is 9.90 Å². The average Bonchev–Trinajstić information content (AvgIpc) is 2.26. The fourth-order valence-electron chi connectivity index (χ4n) is 1.16. The molecule has 1 N–H and O–H groups in total. The molecule has 1 rings (SSSR count). The molecule has 0 aromatic heterocycles. The molecule has 1 radical (unpaired) electrons. The van der Waals surface area contributed by atoms with E-state index in [1.165, 1.54) is 4.90 Å². The second-order valence-corrected chi connectivity index (χ2v) is 2.72. The molecule has 0 atom stereocenters. The Bertz CT molecular complexity index is 308. The molecule has 0 saturated heterocycles. The van der Waals surface area contributed by atoms with Crippen molar-refractivity contribution in [2.75, 3.05) is 18.1 Å². The number of hydrogen-bond acceptors (Lipinski definition) is 2. The van der Waals surface area contributed by atoms with E-state index in [4.69, 9.17) is 11.7 Å². The van der Waals surface area contributed by atoms with Gasteiger partial charge in [-0.05, 0) is 12.1 Å². The van der Waals surface area contributed by atoms with E-state index >= 15 is 0 Å². The molecule has 0 unspecified atom stereocenters. The first kappa shape index (κ1) is 10.5. The highest BCUT2D eigenvalue weighted by Gasteiger charge is 2.10. The van der Waals surface area contributed by atoms with Crippen molar-refractivity contribution in [3.63, 3.8) is 0 Å². The molecule has 3 nitrogen and oxygen atoms in total. The van der Waals surface area contributed by atoms with Crippen LogP contribution in [-0.4, -0.2) is 24.2 Å². The van der Waals surface area contributed by atoms with Crippen LogP contribution in [0.25, 0.3) is 0 Å². The van der Waals surface area contributed by atoms with Gasteiger partial charge < -0.3 is 10.0 Å². The Morgan fingerprint density at radius 2 is 2.07 bits per heavy atom. The first-order chi connectivity index (χ1) is 6.79. The van der Waals surface area contributed by atoms with Crippen LogP contribution in [0.15, 0.2) is 36.4 Å². The Balaban J connectivity index is 2.88. The van der Waals surface area contributed by atoms with Gasteiger partial charge >= 0.3 is 0 Å². The van der Waals surface area contributed by atoms with Gasteiger partial charge in [-0.15, -0.1) is 0 Å². The Morgan fingerprint density at radius 3 is 2.57 bits per heavy atom. The first-order valence-electron chi connectivity index (χ1n) is 4.32. The van der Waals surface area contributed by atoms with Gasteiger partial charge in [0.1, 0.15) is 0 Å². The maximum Gasteiger partial charge on any atom is 0.251 e. The van der Waals surface area contributed by atoms with Crippen LogP contribution in [0.3, 0.4) is 0 Å². The number of benzene rings is 1. The summed E-state index contributed by atoms with van der Waals surface area (Å²) in [6.45, 7) is 5.30. The van der Waals surface area contributed by atoms with Gasteiger partial charge in [0.05, 0.1) is 6.61 Å². The summed E-state index contributed by atoms with van der Waals surface area (Å²) >= 11 is 0. The maximum atomic E-state index is 11.3. The lowest BCUT2D eigenvalue weighted by molar-refractivity contribution is -0.114. The molecule has 1 aromatic rings. The SMILES string of the molecule is [CH]=CC(=O)N(CCO)c1ccccc1. The van der Waals surface area contributed by atoms with E-state index in [0.717, 1.165) is 11.8 Å². The normalized spacial score (nSPS) is 9.50. The number of carbonyl (C=O) groups is 1. The van der Waals surface area contributed by atoms with Gasteiger partial charge in [-0.3, -0.25) is 4.79 Å². The number of aliphatic hydroxyl groups is 1. The Labute approximate surface area is 83.3 Å². The molecule has 14 heavy (non-hydrogen) atoms. The third-order valence-electron chi connectivity index (χ3n) is 1.80. The summed E-state index contributed by atoms with van der Waals surface area (Å²) in [7, 11) is 0. The zero-order chi connectivity index (χ0) is 10.4. The summed E-state index contributed by atoms with van der Waals surface area (Å²) in [4.78, 5) is 12.8. The number of rotatable bonds is 4. The fourth-order valence-corrected chi connectivity index (χ4v) is 1.16. The van der Waals surface area contributed by atoms with E-state index in [2.05, 4.69) is 0 Å². The van der Waals surface area contributed by atoms with Crippen molar-refractivity contribution in [3.8, 4) is 0 Å². The van der Waals surface area contributed by atoms with E-state index in [1.54, 1.807) is 12.1 Å². The van der Waals surface area contributed by atoms with Crippen LogP contribution < -0.4 is 4.90 Å². The van der Waals surface area contributed by atoms with Crippen molar-refractivity contribution in [1.29, 1.82) is 0 Å². The minimum absolute atomic E-state index is 0.0888. The number of hydrogen-bond donors (Lipinski definition) is 1. The molecule has 0 bridgehead atoms. The Kier molecular flexibility index (Phi) is 3.88. The van der Waals surface area contributed by atoms with Crippen LogP contribution >= 0.6 is 0 Å². The third kappa shape index (κ3) is 2.44. The predicted octanol–water partition coefficient (Wildman–Crippen LogP) is 1.00. The molecular formula is C11H12NO2. The molecule has 0 aliphatic heterocycles. The molecule has 0 saturated carbocycles. The van der Waals surface area contributed by atoms with E-state index in [-0.39, 0.29) is 19.1 Å². The lowest BCUT2D eigenvalue weighted by Crippen LogP contribution is -2.31. The van der Waals surface area contributed by atoms with Crippen LogP contribution in [0.2, 0.25) is 0 Å². The fraction of sp³-hybridized carbons (Fsp3) is 0.182. The predicted molar refractivity (Wildman–Crippen MR) is 54.8 cm³/mol. The molecular weight excluding hydrogens is 178 g/mol. The van der Waals surface area contributed by atoms with Crippen LogP contribution in [-0.2, 0) is 4.79 Å². The number of anilines is 1. The maximum absolute atomic E-state index is 11.3. The number of carbonyl (C=O) groups excluding carboxylic acids is 1. The summed E-state index contributed by atoms with van der Waals surface area (Å²) in [5.74, 6) is -0.315. The molecule has 0 spiro atoms. The van der Waals surface area contributed by atoms with Gasteiger partial charge in [-0.1, -0.05) is 24.8 Å². The van der Waals surface area contributed by atoms with Gasteiger partial charge in [-0.25, -0.2) is 0 Å². The average molecular weight is 190 g/mol. The largest absolute Gasteiger partial charge is 0.395 e. The first-order valence-corrected chi connectivity index (χ1v) is 4.32. The summed E-state index contributed by atoms with van der Waals surface area (Å²) in [6.07, 6.45) is 0.989. The lowest BCUT2D eigenvalue weighted by atomic mass is 10.3. The second kappa shape index (κ2) is 5.19. The van der Waals surface area contributed by atoms with Crippen LogP contribution in [0.4, 0.5) is 5.69 Å².